The van der Waals surface area contributed by atoms with Crippen LogP contribution in [0.2, 0.25) is 0 Å². The van der Waals surface area contributed by atoms with E-state index in [0.29, 0.717) is 33.0 Å². The molecule has 0 aliphatic carbocycles. The summed E-state index contributed by atoms with van der Waals surface area (Å²) in [7, 11) is 1.86. The van der Waals surface area contributed by atoms with Gasteiger partial charge in [-0.1, -0.05) is 34.6 Å². The van der Waals surface area contributed by atoms with E-state index in [2.05, 4.69) is 16.0 Å². The summed E-state index contributed by atoms with van der Waals surface area (Å²) in [5.41, 5.74) is -0.615. The van der Waals surface area contributed by atoms with Crippen molar-refractivity contribution in [1.82, 2.24) is 20.9 Å². The number of rotatable bonds is 16. The topological polar surface area (TPSA) is 138 Å². The van der Waals surface area contributed by atoms with Crippen molar-refractivity contribution in [2.75, 3.05) is 66.3 Å². The molecule has 0 saturated carbocycles. The van der Waals surface area contributed by atoms with Gasteiger partial charge in [-0.15, -0.1) is 0 Å². The molecule has 204 valence electrons. The van der Waals surface area contributed by atoms with Crippen molar-refractivity contribution in [1.29, 1.82) is 0 Å². The molecule has 11 heteroatoms. The Morgan fingerprint density at radius 1 is 1.03 bits per heavy atom. The molecular weight excluding hydrogens is 456 g/mol. The summed E-state index contributed by atoms with van der Waals surface area (Å²) in [5, 5.41) is 18.7. The number of amides is 3. The molecule has 1 fully saturated rings. The standard InChI is InChI=1S/C24H46N4O7/c1-17(2)14-26-22(31)19-13-18(29)15-28(19)23(32)21(24(3,4)5)27-20(30)16-35-12-11-34-10-9-33-8-7-25-6/h17-19,21,25,29H,7-16H2,1-6H3,(H,26,31)(H,27,30). The number of ether oxygens (including phenoxy) is 3. The summed E-state index contributed by atoms with van der Waals surface area (Å²) in [6.07, 6.45) is -0.619. The van der Waals surface area contributed by atoms with E-state index in [1.54, 1.807) is 0 Å². The second kappa shape index (κ2) is 16.1. The van der Waals surface area contributed by atoms with Gasteiger partial charge in [-0.3, -0.25) is 14.4 Å². The minimum absolute atomic E-state index is 0.0492. The fraction of sp³-hybridized carbons (Fsp3) is 0.875. The van der Waals surface area contributed by atoms with Crippen molar-refractivity contribution in [3.63, 3.8) is 0 Å². The predicted octanol–water partition coefficient (Wildman–Crippen LogP) is -0.479. The molecule has 1 aliphatic heterocycles. The van der Waals surface area contributed by atoms with E-state index >= 15 is 0 Å². The molecule has 1 saturated heterocycles. The quantitative estimate of drug-likeness (QED) is 0.208. The zero-order chi connectivity index (χ0) is 26.4. The van der Waals surface area contributed by atoms with E-state index in [-0.39, 0.29) is 38.0 Å². The molecule has 0 spiro atoms. The lowest BCUT2D eigenvalue weighted by Crippen LogP contribution is -2.58. The number of likely N-dealkylation sites (N-methyl/N-ethyl adjacent to an activating group) is 1. The molecule has 4 N–H and O–H groups in total. The first-order valence-corrected chi connectivity index (χ1v) is 12.4. The smallest absolute Gasteiger partial charge is 0.246 e. The Balaban J connectivity index is 2.55. The number of carbonyl (C=O) groups is 3. The fourth-order valence-corrected chi connectivity index (χ4v) is 3.52. The van der Waals surface area contributed by atoms with Crippen LogP contribution < -0.4 is 16.0 Å². The van der Waals surface area contributed by atoms with E-state index in [4.69, 9.17) is 14.2 Å². The Morgan fingerprint density at radius 3 is 2.20 bits per heavy atom. The molecule has 0 aromatic heterocycles. The summed E-state index contributed by atoms with van der Waals surface area (Å²) >= 11 is 0. The fourth-order valence-electron chi connectivity index (χ4n) is 3.52. The number of aliphatic hydroxyl groups is 1. The van der Waals surface area contributed by atoms with E-state index in [1.807, 2.05) is 41.7 Å². The maximum absolute atomic E-state index is 13.4. The van der Waals surface area contributed by atoms with Gasteiger partial charge in [0.2, 0.25) is 17.7 Å². The van der Waals surface area contributed by atoms with Crippen LogP contribution in [0.5, 0.6) is 0 Å². The minimum atomic E-state index is -0.879. The number of hydrogen-bond acceptors (Lipinski definition) is 8. The Kier molecular flexibility index (Phi) is 14.3. The first-order chi connectivity index (χ1) is 16.5. The summed E-state index contributed by atoms with van der Waals surface area (Å²) in [4.78, 5) is 40.0. The average molecular weight is 503 g/mol. The van der Waals surface area contributed by atoms with Crippen molar-refractivity contribution < 1.29 is 33.7 Å². The maximum atomic E-state index is 13.4. The molecule has 3 atom stereocenters. The van der Waals surface area contributed by atoms with Gasteiger partial charge < -0.3 is 40.2 Å². The van der Waals surface area contributed by atoms with Gasteiger partial charge in [0.1, 0.15) is 18.7 Å². The average Bonchev–Trinajstić information content (AvgIpc) is 3.17. The molecule has 3 unspecified atom stereocenters. The van der Waals surface area contributed by atoms with Gasteiger partial charge in [-0.05, 0) is 18.4 Å². The Morgan fingerprint density at radius 2 is 1.63 bits per heavy atom. The first-order valence-electron chi connectivity index (χ1n) is 12.4. The molecule has 1 aliphatic rings. The van der Waals surface area contributed by atoms with Crippen LogP contribution in [0.15, 0.2) is 0 Å². The van der Waals surface area contributed by atoms with Crippen LogP contribution in [0.25, 0.3) is 0 Å². The Bertz CT molecular complexity index is 654. The number of nitrogens with one attached hydrogen (secondary N) is 3. The van der Waals surface area contributed by atoms with Gasteiger partial charge in [-0.2, -0.15) is 0 Å². The molecule has 0 aromatic rings. The molecule has 1 heterocycles. The van der Waals surface area contributed by atoms with Gasteiger partial charge in [0.25, 0.3) is 0 Å². The largest absolute Gasteiger partial charge is 0.391 e. The van der Waals surface area contributed by atoms with Crippen molar-refractivity contribution in [2.24, 2.45) is 11.3 Å². The van der Waals surface area contributed by atoms with Crippen molar-refractivity contribution >= 4 is 17.7 Å². The van der Waals surface area contributed by atoms with Crippen LogP contribution in [-0.4, -0.2) is 112 Å². The molecule has 1 rings (SSSR count). The monoisotopic (exact) mass is 502 g/mol. The third-order valence-electron chi connectivity index (χ3n) is 5.44. The second-order valence-corrected chi connectivity index (χ2v) is 10.3. The molecular formula is C24H46N4O7. The number of likely N-dealkylation sites (tertiary alicyclic amines) is 1. The van der Waals surface area contributed by atoms with Crippen molar-refractivity contribution in [2.45, 2.75) is 59.2 Å². The molecule has 0 radical (unpaired) electrons. The third kappa shape index (κ3) is 12.1. The molecule has 0 bridgehead atoms. The van der Waals surface area contributed by atoms with E-state index in [9.17, 15) is 19.5 Å². The lowest BCUT2D eigenvalue weighted by Gasteiger charge is -2.35. The highest BCUT2D eigenvalue weighted by Crippen LogP contribution is 2.26. The van der Waals surface area contributed by atoms with Gasteiger partial charge in [-0.25, -0.2) is 0 Å². The van der Waals surface area contributed by atoms with Crippen LogP contribution in [0.3, 0.4) is 0 Å². The molecule has 35 heavy (non-hydrogen) atoms. The number of carbonyl (C=O) groups excluding carboxylic acids is 3. The van der Waals surface area contributed by atoms with Gasteiger partial charge in [0.05, 0.1) is 39.1 Å². The summed E-state index contributed by atoms with van der Waals surface area (Å²) in [6.45, 7) is 12.7. The highest BCUT2D eigenvalue weighted by atomic mass is 16.5. The Labute approximate surface area is 209 Å². The summed E-state index contributed by atoms with van der Waals surface area (Å²) in [5.74, 6) is -0.862. The SMILES string of the molecule is CNCCOCCOCCOCC(=O)NC(C(=O)N1CC(O)CC1C(=O)NCC(C)C)C(C)(C)C. The second-order valence-electron chi connectivity index (χ2n) is 10.3. The third-order valence-corrected chi connectivity index (χ3v) is 5.44. The molecule has 11 nitrogen and oxygen atoms in total. The van der Waals surface area contributed by atoms with Crippen LogP contribution >= 0.6 is 0 Å². The number of hydrogen-bond donors (Lipinski definition) is 4. The zero-order valence-corrected chi connectivity index (χ0v) is 22.2. The van der Waals surface area contributed by atoms with Crippen LogP contribution in [-0.2, 0) is 28.6 Å². The predicted molar refractivity (Wildman–Crippen MR) is 132 cm³/mol. The molecule has 3 amide bonds. The highest BCUT2D eigenvalue weighted by molar-refractivity contribution is 5.93. The van der Waals surface area contributed by atoms with Crippen molar-refractivity contribution in [3.05, 3.63) is 0 Å². The highest BCUT2D eigenvalue weighted by Gasteiger charge is 2.44. The number of β-amino-alcohol motifs (C(OH)–C–C–N with tert-alkyl or cyclic N) is 1. The van der Waals surface area contributed by atoms with Crippen LogP contribution in [0.1, 0.15) is 41.0 Å². The van der Waals surface area contributed by atoms with Crippen LogP contribution in [0.4, 0.5) is 0 Å². The number of aliphatic hydroxyl groups excluding tert-OH is 1. The summed E-state index contributed by atoms with van der Waals surface area (Å²) < 4.78 is 16.1. The lowest BCUT2D eigenvalue weighted by atomic mass is 9.85. The van der Waals surface area contributed by atoms with E-state index in [1.165, 1.54) is 4.90 Å². The summed E-state index contributed by atoms with van der Waals surface area (Å²) in [6, 6.07) is -1.65. The first kappa shape index (κ1) is 31.2. The maximum Gasteiger partial charge on any atom is 0.246 e. The Hall–Kier alpha value is -1.79. The number of nitrogens with zero attached hydrogens (tertiary/aromatic N) is 1. The van der Waals surface area contributed by atoms with E-state index < -0.39 is 35.4 Å². The van der Waals surface area contributed by atoms with Crippen LogP contribution in [0, 0.1) is 11.3 Å². The lowest BCUT2D eigenvalue weighted by molar-refractivity contribution is -0.144. The van der Waals surface area contributed by atoms with Crippen molar-refractivity contribution in [3.8, 4) is 0 Å². The zero-order valence-electron chi connectivity index (χ0n) is 22.2. The van der Waals surface area contributed by atoms with E-state index in [0.717, 1.165) is 6.54 Å². The van der Waals surface area contributed by atoms with Gasteiger partial charge in [0, 0.05) is 26.1 Å². The van der Waals surface area contributed by atoms with Gasteiger partial charge in [0.15, 0.2) is 0 Å². The normalized spacial score (nSPS) is 19.1. The molecule has 0 aromatic carbocycles. The van der Waals surface area contributed by atoms with Gasteiger partial charge >= 0.3 is 0 Å². The minimum Gasteiger partial charge on any atom is -0.391 e.